The van der Waals surface area contributed by atoms with Crippen LogP contribution in [-0.4, -0.2) is 29.5 Å². The molecular formula is C18H22N2O4. The van der Waals surface area contributed by atoms with Crippen LogP contribution in [0.15, 0.2) is 35.1 Å². The molecule has 0 bridgehead atoms. The zero-order chi connectivity index (χ0) is 17.7. The number of carbonyl (C=O) groups excluding carboxylic acids is 1. The van der Waals surface area contributed by atoms with Gasteiger partial charge in [0, 0.05) is 12.1 Å². The molecule has 0 radical (unpaired) electrons. The van der Waals surface area contributed by atoms with E-state index in [1.807, 2.05) is 38.1 Å². The summed E-state index contributed by atoms with van der Waals surface area (Å²) in [7, 11) is 1.58. The third kappa shape index (κ3) is 4.01. The van der Waals surface area contributed by atoms with Gasteiger partial charge in [0.05, 0.1) is 19.4 Å². The zero-order valence-corrected chi connectivity index (χ0v) is 14.4. The summed E-state index contributed by atoms with van der Waals surface area (Å²) >= 11 is 0. The maximum atomic E-state index is 12.5. The Morgan fingerprint density at radius 3 is 2.67 bits per heavy atom. The molecule has 0 saturated heterocycles. The number of hydrogen-bond donors (Lipinski definition) is 0. The van der Waals surface area contributed by atoms with Crippen molar-refractivity contribution in [1.82, 2.24) is 9.78 Å². The Bertz CT molecular complexity index is 781. The monoisotopic (exact) mass is 330 g/mol. The Morgan fingerprint density at radius 1 is 1.29 bits per heavy atom. The molecular weight excluding hydrogens is 308 g/mol. The minimum absolute atomic E-state index is 0.00896. The first kappa shape index (κ1) is 17.7. The van der Waals surface area contributed by atoms with E-state index in [1.165, 1.54) is 10.7 Å². The second kappa shape index (κ2) is 7.77. The number of nitrogens with zero attached hydrogens (tertiary/aromatic N) is 2. The Hall–Kier alpha value is -2.63. The van der Waals surface area contributed by atoms with Crippen LogP contribution >= 0.6 is 0 Å². The number of hydrogen-bond acceptors (Lipinski definition) is 5. The SMILES string of the molecule is CCOC(=O)c1cc(-c2cccc(OC)c2)nn(CC(C)C)c1=O. The molecule has 1 aromatic carbocycles. The smallest absolute Gasteiger partial charge is 0.343 e. The highest BCUT2D eigenvalue weighted by atomic mass is 16.5. The number of esters is 1. The van der Waals surface area contributed by atoms with E-state index in [2.05, 4.69) is 5.10 Å². The van der Waals surface area contributed by atoms with Gasteiger partial charge in [-0.3, -0.25) is 4.79 Å². The lowest BCUT2D eigenvalue weighted by atomic mass is 10.1. The molecule has 2 aromatic rings. The minimum Gasteiger partial charge on any atom is -0.497 e. The van der Waals surface area contributed by atoms with Crippen LogP contribution < -0.4 is 10.3 Å². The summed E-state index contributed by atoms with van der Waals surface area (Å²) in [4.78, 5) is 24.6. The van der Waals surface area contributed by atoms with Gasteiger partial charge in [-0.05, 0) is 31.0 Å². The second-order valence-corrected chi connectivity index (χ2v) is 5.78. The van der Waals surface area contributed by atoms with Crippen LogP contribution in [0, 0.1) is 5.92 Å². The van der Waals surface area contributed by atoms with Gasteiger partial charge in [0.15, 0.2) is 0 Å². The number of aromatic nitrogens is 2. The molecule has 24 heavy (non-hydrogen) atoms. The van der Waals surface area contributed by atoms with Crippen molar-refractivity contribution in [2.24, 2.45) is 5.92 Å². The van der Waals surface area contributed by atoms with Crippen LogP contribution in [0.1, 0.15) is 31.1 Å². The number of ether oxygens (including phenoxy) is 2. The van der Waals surface area contributed by atoms with Crippen molar-refractivity contribution in [2.75, 3.05) is 13.7 Å². The van der Waals surface area contributed by atoms with E-state index in [9.17, 15) is 9.59 Å². The van der Waals surface area contributed by atoms with Gasteiger partial charge in [0.2, 0.25) is 0 Å². The van der Waals surface area contributed by atoms with E-state index in [1.54, 1.807) is 14.0 Å². The summed E-state index contributed by atoms with van der Waals surface area (Å²) in [6, 6.07) is 8.79. The van der Waals surface area contributed by atoms with E-state index >= 15 is 0 Å². The van der Waals surface area contributed by atoms with Crippen molar-refractivity contribution in [3.63, 3.8) is 0 Å². The molecule has 0 saturated carbocycles. The third-order valence-electron chi connectivity index (χ3n) is 3.37. The van der Waals surface area contributed by atoms with Gasteiger partial charge in [-0.15, -0.1) is 0 Å². The molecule has 1 heterocycles. The normalized spacial score (nSPS) is 10.7. The molecule has 0 unspecified atom stereocenters. The minimum atomic E-state index is -0.633. The van der Waals surface area contributed by atoms with E-state index in [0.717, 1.165) is 5.56 Å². The van der Waals surface area contributed by atoms with Crippen molar-refractivity contribution in [3.05, 3.63) is 46.2 Å². The van der Waals surface area contributed by atoms with E-state index in [-0.39, 0.29) is 18.1 Å². The topological polar surface area (TPSA) is 70.4 Å². The molecule has 6 heteroatoms. The summed E-state index contributed by atoms with van der Waals surface area (Å²) in [5.41, 5.74) is 0.841. The summed E-state index contributed by atoms with van der Waals surface area (Å²) < 4.78 is 11.5. The van der Waals surface area contributed by atoms with Gasteiger partial charge in [-0.1, -0.05) is 26.0 Å². The lowest BCUT2D eigenvalue weighted by molar-refractivity contribution is 0.0523. The third-order valence-corrected chi connectivity index (χ3v) is 3.37. The van der Waals surface area contributed by atoms with Crippen molar-refractivity contribution >= 4 is 5.97 Å². The number of benzene rings is 1. The van der Waals surface area contributed by atoms with Crippen LogP contribution in [-0.2, 0) is 11.3 Å². The predicted molar refractivity (Wildman–Crippen MR) is 91.3 cm³/mol. The average molecular weight is 330 g/mol. The van der Waals surface area contributed by atoms with Crippen molar-refractivity contribution in [2.45, 2.75) is 27.3 Å². The average Bonchev–Trinajstić information content (AvgIpc) is 2.56. The van der Waals surface area contributed by atoms with Crippen LogP contribution in [0.4, 0.5) is 0 Å². The summed E-state index contributed by atoms with van der Waals surface area (Å²) in [5, 5.41) is 4.40. The highest BCUT2D eigenvalue weighted by molar-refractivity contribution is 5.90. The van der Waals surface area contributed by atoms with Gasteiger partial charge in [-0.25, -0.2) is 9.48 Å². The number of rotatable bonds is 6. The highest BCUT2D eigenvalue weighted by Gasteiger charge is 2.18. The van der Waals surface area contributed by atoms with E-state index in [4.69, 9.17) is 9.47 Å². The van der Waals surface area contributed by atoms with Crippen LogP contribution in [0.3, 0.4) is 0 Å². The van der Waals surface area contributed by atoms with Crippen molar-refractivity contribution in [1.29, 1.82) is 0 Å². The standard InChI is InChI=1S/C18H22N2O4/c1-5-24-18(22)15-10-16(13-7-6-8-14(9-13)23-4)19-20(17(15)21)11-12(2)3/h6-10,12H,5,11H2,1-4H3. The fourth-order valence-corrected chi connectivity index (χ4v) is 2.29. The Kier molecular flexibility index (Phi) is 5.73. The second-order valence-electron chi connectivity index (χ2n) is 5.78. The van der Waals surface area contributed by atoms with E-state index < -0.39 is 11.5 Å². The number of methoxy groups -OCH3 is 1. The molecule has 0 atom stereocenters. The van der Waals surface area contributed by atoms with Gasteiger partial charge < -0.3 is 9.47 Å². The zero-order valence-electron chi connectivity index (χ0n) is 14.4. The molecule has 0 aliphatic rings. The first-order valence-electron chi connectivity index (χ1n) is 7.90. The van der Waals surface area contributed by atoms with Crippen molar-refractivity contribution in [3.8, 4) is 17.0 Å². The van der Waals surface area contributed by atoms with Crippen LogP contribution in [0.25, 0.3) is 11.3 Å². The van der Waals surface area contributed by atoms with E-state index in [0.29, 0.717) is 18.0 Å². The van der Waals surface area contributed by atoms with Gasteiger partial charge in [0.25, 0.3) is 5.56 Å². The molecule has 0 spiro atoms. The molecule has 128 valence electrons. The van der Waals surface area contributed by atoms with Gasteiger partial charge in [-0.2, -0.15) is 5.10 Å². The molecule has 0 aliphatic heterocycles. The molecule has 6 nitrogen and oxygen atoms in total. The Morgan fingerprint density at radius 2 is 2.04 bits per heavy atom. The molecule has 0 aliphatic carbocycles. The largest absolute Gasteiger partial charge is 0.497 e. The lowest BCUT2D eigenvalue weighted by Gasteiger charge is -2.12. The fourth-order valence-electron chi connectivity index (χ4n) is 2.29. The molecule has 0 fully saturated rings. The van der Waals surface area contributed by atoms with Crippen LogP contribution in [0.2, 0.25) is 0 Å². The quantitative estimate of drug-likeness (QED) is 0.762. The summed E-state index contributed by atoms with van der Waals surface area (Å²) in [6.07, 6.45) is 0. The van der Waals surface area contributed by atoms with Crippen LogP contribution in [0.5, 0.6) is 5.75 Å². The Labute approximate surface area is 141 Å². The lowest BCUT2D eigenvalue weighted by Crippen LogP contribution is -2.31. The molecule has 1 aromatic heterocycles. The molecule has 0 N–H and O–H groups in total. The fraction of sp³-hybridized carbons (Fsp3) is 0.389. The maximum absolute atomic E-state index is 12.5. The summed E-state index contributed by atoms with van der Waals surface area (Å²) in [6.45, 7) is 6.30. The van der Waals surface area contributed by atoms with Gasteiger partial charge >= 0.3 is 5.97 Å². The first-order chi connectivity index (χ1) is 11.5. The first-order valence-corrected chi connectivity index (χ1v) is 7.90. The predicted octanol–water partition coefficient (Wildman–Crippen LogP) is 2.75. The summed E-state index contributed by atoms with van der Waals surface area (Å²) in [5.74, 6) is 0.256. The highest BCUT2D eigenvalue weighted by Crippen LogP contribution is 2.22. The molecule has 0 amide bonds. The molecule has 2 rings (SSSR count). The van der Waals surface area contributed by atoms with Gasteiger partial charge in [0.1, 0.15) is 11.3 Å². The number of carbonyl (C=O) groups is 1. The Balaban J connectivity index is 2.60. The maximum Gasteiger partial charge on any atom is 0.343 e. The van der Waals surface area contributed by atoms with Crippen molar-refractivity contribution < 1.29 is 14.3 Å².